The number of imidazole rings is 1. The van der Waals surface area contributed by atoms with Gasteiger partial charge in [0.05, 0.1) is 6.54 Å². The minimum Gasteiger partial charge on any atom is -0.308 e. The van der Waals surface area contributed by atoms with Crippen molar-refractivity contribution >= 4 is 22.8 Å². The largest absolute Gasteiger partial charge is 0.308 e. The molecule has 8 heteroatoms. The van der Waals surface area contributed by atoms with E-state index in [1.54, 1.807) is 0 Å². The number of aryl methyl sites for hydroxylation is 1. The highest BCUT2D eigenvalue weighted by Crippen LogP contribution is 2.32. The molecular formula is C24H22ClN7. The summed E-state index contributed by atoms with van der Waals surface area (Å²) in [4.78, 5) is 9.41. The molecule has 0 amide bonds. The first-order valence-corrected chi connectivity index (χ1v) is 11.0. The first kappa shape index (κ1) is 20.3. The molecule has 5 rings (SSSR count). The zero-order valence-corrected chi connectivity index (χ0v) is 18.4. The molecule has 7 nitrogen and oxygen atoms in total. The number of H-pyrrole nitrogens is 1. The molecule has 0 spiro atoms. The van der Waals surface area contributed by atoms with Crippen molar-refractivity contribution in [1.82, 2.24) is 35.2 Å². The number of hydrogen-bond donors (Lipinski definition) is 1. The number of fused-ring (bicyclic) bond motifs is 1. The van der Waals surface area contributed by atoms with E-state index in [1.165, 1.54) is 5.56 Å². The van der Waals surface area contributed by atoms with Gasteiger partial charge in [-0.3, -0.25) is 0 Å². The molecule has 3 aromatic heterocycles. The number of hydrogen-bond acceptors (Lipinski definition) is 5. The smallest absolute Gasteiger partial charge is 0.180 e. The van der Waals surface area contributed by atoms with Crippen LogP contribution in [0.4, 0.5) is 0 Å². The van der Waals surface area contributed by atoms with E-state index in [2.05, 4.69) is 61.4 Å². The normalized spacial score (nSPS) is 11.3. The van der Waals surface area contributed by atoms with Gasteiger partial charge >= 0.3 is 0 Å². The molecule has 0 atom stereocenters. The molecule has 0 aliphatic carbocycles. The van der Waals surface area contributed by atoms with Crippen LogP contribution < -0.4 is 0 Å². The number of nitrogens with zero attached hydrogens (tertiary/aromatic N) is 6. The topological polar surface area (TPSA) is 85.2 Å². The molecule has 32 heavy (non-hydrogen) atoms. The van der Waals surface area contributed by atoms with Crippen LogP contribution >= 0.6 is 11.6 Å². The molecule has 0 unspecified atom stereocenters. The fourth-order valence-corrected chi connectivity index (χ4v) is 4.08. The lowest BCUT2D eigenvalue weighted by Gasteiger charge is -2.11. The molecule has 0 radical (unpaired) electrons. The standard InChI is InChI=1S/C24H22ClN7/c1-2-3-6-22-27-21-5-4-13-26-24(21)32(22)15-16-7-9-17(10-8-16)20-14-18(25)11-12-19(20)23-28-30-31-29-23/h4-5,7-14H,2-3,6,15H2,1H3,(H,28,29,30,31). The number of halogens is 1. The van der Waals surface area contributed by atoms with Gasteiger partial charge in [0, 0.05) is 23.2 Å². The summed E-state index contributed by atoms with van der Waals surface area (Å²) in [5.41, 5.74) is 5.97. The average molecular weight is 444 g/mol. The van der Waals surface area contributed by atoms with Crippen molar-refractivity contribution in [3.8, 4) is 22.5 Å². The maximum atomic E-state index is 6.29. The molecule has 0 bridgehead atoms. The fraction of sp³-hybridized carbons (Fsp3) is 0.208. The first-order valence-electron chi connectivity index (χ1n) is 10.7. The Bertz CT molecular complexity index is 1340. The Balaban J connectivity index is 1.48. The van der Waals surface area contributed by atoms with Gasteiger partial charge in [-0.15, -0.1) is 5.10 Å². The van der Waals surface area contributed by atoms with Crippen LogP contribution in [0.25, 0.3) is 33.7 Å². The third-order valence-corrected chi connectivity index (χ3v) is 5.76. The maximum absolute atomic E-state index is 6.29. The van der Waals surface area contributed by atoms with E-state index in [9.17, 15) is 0 Å². The number of tetrazole rings is 1. The third-order valence-electron chi connectivity index (χ3n) is 5.52. The molecule has 160 valence electrons. The first-order chi connectivity index (χ1) is 15.7. The van der Waals surface area contributed by atoms with Crippen LogP contribution in [-0.4, -0.2) is 35.2 Å². The number of benzene rings is 2. The van der Waals surface area contributed by atoms with Gasteiger partial charge in [-0.2, -0.15) is 0 Å². The van der Waals surface area contributed by atoms with Crippen molar-refractivity contribution in [2.24, 2.45) is 0 Å². The van der Waals surface area contributed by atoms with Crippen molar-refractivity contribution in [3.63, 3.8) is 0 Å². The summed E-state index contributed by atoms with van der Waals surface area (Å²) in [5, 5.41) is 14.9. The number of nitrogens with one attached hydrogen (secondary N) is 1. The van der Waals surface area contributed by atoms with E-state index in [0.717, 1.165) is 59.5 Å². The summed E-state index contributed by atoms with van der Waals surface area (Å²) in [6, 6.07) is 18.1. The number of rotatable bonds is 7. The third kappa shape index (κ3) is 3.99. The van der Waals surface area contributed by atoms with Crippen LogP contribution in [0.3, 0.4) is 0 Å². The Morgan fingerprint density at radius 1 is 1.03 bits per heavy atom. The van der Waals surface area contributed by atoms with Crippen molar-refractivity contribution in [1.29, 1.82) is 0 Å². The van der Waals surface area contributed by atoms with Gasteiger partial charge in [-0.1, -0.05) is 49.2 Å². The van der Waals surface area contributed by atoms with Gasteiger partial charge in [0.2, 0.25) is 0 Å². The molecule has 0 aliphatic heterocycles. The number of aromatic nitrogens is 7. The highest BCUT2D eigenvalue weighted by molar-refractivity contribution is 6.31. The monoisotopic (exact) mass is 443 g/mol. The predicted molar refractivity (Wildman–Crippen MR) is 125 cm³/mol. The molecule has 0 aliphatic rings. The Labute approximate surface area is 190 Å². The summed E-state index contributed by atoms with van der Waals surface area (Å²) in [6.45, 7) is 2.92. The lowest BCUT2D eigenvalue weighted by molar-refractivity contribution is 0.686. The summed E-state index contributed by atoms with van der Waals surface area (Å²) >= 11 is 6.29. The van der Waals surface area contributed by atoms with Crippen molar-refractivity contribution < 1.29 is 0 Å². The number of pyridine rings is 1. The highest BCUT2D eigenvalue weighted by atomic mass is 35.5. The minimum absolute atomic E-state index is 0.609. The van der Waals surface area contributed by atoms with Crippen LogP contribution in [0.15, 0.2) is 60.8 Å². The second-order valence-corrected chi connectivity index (χ2v) is 8.14. The van der Waals surface area contributed by atoms with Crippen molar-refractivity contribution in [3.05, 3.63) is 77.2 Å². The van der Waals surface area contributed by atoms with Crippen molar-refractivity contribution in [2.75, 3.05) is 0 Å². The molecule has 0 saturated heterocycles. The molecule has 0 saturated carbocycles. The van der Waals surface area contributed by atoms with Crippen LogP contribution in [0.1, 0.15) is 31.2 Å². The van der Waals surface area contributed by atoms with Gasteiger partial charge in [-0.05, 0) is 63.9 Å². The van der Waals surface area contributed by atoms with Gasteiger partial charge in [-0.25, -0.2) is 15.1 Å². The number of unbranched alkanes of at least 4 members (excludes halogenated alkanes) is 1. The van der Waals surface area contributed by atoms with E-state index in [1.807, 2.05) is 36.5 Å². The second kappa shape index (κ2) is 8.88. The average Bonchev–Trinajstić information content (AvgIpc) is 3.47. The van der Waals surface area contributed by atoms with Gasteiger partial charge in [0.1, 0.15) is 11.3 Å². The molecule has 2 aromatic carbocycles. The lowest BCUT2D eigenvalue weighted by atomic mass is 9.98. The quantitative estimate of drug-likeness (QED) is 0.367. The van der Waals surface area contributed by atoms with Gasteiger partial charge in [0.25, 0.3) is 0 Å². The molecule has 5 aromatic rings. The molecule has 3 heterocycles. The molecule has 0 fully saturated rings. The Kier molecular flexibility index (Phi) is 5.64. The van der Waals surface area contributed by atoms with Crippen LogP contribution in [0, 0.1) is 0 Å². The Morgan fingerprint density at radius 2 is 1.91 bits per heavy atom. The Morgan fingerprint density at radius 3 is 2.69 bits per heavy atom. The predicted octanol–water partition coefficient (Wildman–Crippen LogP) is 5.32. The second-order valence-electron chi connectivity index (χ2n) is 7.70. The fourth-order valence-electron chi connectivity index (χ4n) is 3.90. The maximum Gasteiger partial charge on any atom is 0.180 e. The van der Waals surface area contributed by atoms with E-state index in [4.69, 9.17) is 16.6 Å². The lowest BCUT2D eigenvalue weighted by Crippen LogP contribution is -2.06. The highest BCUT2D eigenvalue weighted by Gasteiger charge is 2.14. The summed E-state index contributed by atoms with van der Waals surface area (Å²) in [5.74, 6) is 1.69. The molecular weight excluding hydrogens is 422 g/mol. The zero-order valence-electron chi connectivity index (χ0n) is 17.7. The van der Waals surface area contributed by atoms with E-state index >= 15 is 0 Å². The van der Waals surface area contributed by atoms with Crippen LogP contribution in [-0.2, 0) is 13.0 Å². The van der Waals surface area contributed by atoms with E-state index in [0.29, 0.717) is 10.8 Å². The summed E-state index contributed by atoms with van der Waals surface area (Å²) in [7, 11) is 0. The minimum atomic E-state index is 0.609. The zero-order chi connectivity index (χ0) is 21.9. The van der Waals surface area contributed by atoms with Gasteiger partial charge < -0.3 is 4.57 Å². The van der Waals surface area contributed by atoms with E-state index in [-0.39, 0.29) is 0 Å². The van der Waals surface area contributed by atoms with Crippen molar-refractivity contribution in [2.45, 2.75) is 32.7 Å². The van der Waals surface area contributed by atoms with E-state index < -0.39 is 0 Å². The Hall–Kier alpha value is -3.58. The summed E-state index contributed by atoms with van der Waals surface area (Å²) in [6.07, 6.45) is 5.01. The SMILES string of the molecule is CCCCc1nc2cccnc2n1Cc1ccc(-c2cc(Cl)ccc2-c2nnn[nH]2)cc1. The van der Waals surface area contributed by atoms with Crippen LogP contribution in [0.2, 0.25) is 5.02 Å². The number of aromatic amines is 1. The van der Waals surface area contributed by atoms with Crippen LogP contribution in [0.5, 0.6) is 0 Å². The molecule has 1 N–H and O–H groups in total. The van der Waals surface area contributed by atoms with Gasteiger partial charge in [0.15, 0.2) is 11.5 Å². The summed E-state index contributed by atoms with van der Waals surface area (Å²) < 4.78 is 2.23.